The molecule has 1 heterocycles. The van der Waals surface area contributed by atoms with E-state index in [0.717, 1.165) is 0 Å². The normalized spacial score (nSPS) is 21.8. The molecule has 7 nitrogen and oxygen atoms in total. The van der Waals surface area contributed by atoms with Crippen LogP contribution >= 0.6 is 0 Å². The second-order valence-electron chi connectivity index (χ2n) is 5.22. The van der Waals surface area contributed by atoms with Gasteiger partial charge in [0.1, 0.15) is 12.0 Å². The molecule has 2 rings (SSSR count). The SMILES string of the molecule is CC1(C(N)=O)CCN(c2ccc(C=O)cc2[N+](=O)[O-])C1. The van der Waals surface area contributed by atoms with E-state index in [9.17, 15) is 19.7 Å². The van der Waals surface area contributed by atoms with Crippen LogP contribution < -0.4 is 10.6 Å². The van der Waals surface area contributed by atoms with Gasteiger partial charge in [-0.1, -0.05) is 0 Å². The number of nitrogens with two attached hydrogens (primary N) is 1. The molecule has 0 radical (unpaired) electrons. The van der Waals surface area contributed by atoms with Gasteiger partial charge >= 0.3 is 0 Å². The van der Waals surface area contributed by atoms with Crippen LogP contribution in [0.4, 0.5) is 11.4 Å². The monoisotopic (exact) mass is 277 g/mol. The van der Waals surface area contributed by atoms with E-state index >= 15 is 0 Å². The van der Waals surface area contributed by atoms with Crippen molar-refractivity contribution in [3.63, 3.8) is 0 Å². The van der Waals surface area contributed by atoms with Gasteiger partial charge in [0.05, 0.1) is 10.3 Å². The number of nitro groups is 1. The van der Waals surface area contributed by atoms with Crippen molar-refractivity contribution in [1.82, 2.24) is 0 Å². The first kappa shape index (κ1) is 14.0. The summed E-state index contributed by atoms with van der Waals surface area (Å²) < 4.78 is 0. The molecule has 7 heteroatoms. The molecule has 1 unspecified atom stereocenters. The maximum Gasteiger partial charge on any atom is 0.293 e. The fourth-order valence-electron chi connectivity index (χ4n) is 2.40. The quantitative estimate of drug-likeness (QED) is 0.504. The zero-order chi connectivity index (χ0) is 14.9. The number of nitro benzene ring substituents is 1. The molecule has 1 aromatic rings. The summed E-state index contributed by atoms with van der Waals surface area (Å²) in [6, 6.07) is 4.30. The molecule has 1 fully saturated rings. The summed E-state index contributed by atoms with van der Waals surface area (Å²) in [5, 5.41) is 11.1. The number of primary amides is 1. The Morgan fingerprint density at radius 3 is 2.75 bits per heavy atom. The molecule has 20 heavy (non-hydrogen) atoms. The largest absolute Gasteiger partial charge is 0.369 e. The number of carbonyl (C=O) groups excluding carboxylic acids is 2. The van der Waals surface area contributed by atoms with Crippen LogP contribution in [-0.2, 0) is 4.79 Å². The van der Waals surface area contributed by atoms with Crippen molar-refractivity contribution >= 4 is 23.6 Å². The second-order valence-corrected chi connectivity index (χ2v) is 5.22. The van der Waals surface area contributed by atoms with Crippen molar-refractivity contribution in [2.24, 2.45) is 11.1 Å². The molecule has 0 spiro atoms. The first-order valence-corrected chi connectivity index (χ1v) is 6.16. The standard InChI is InChI=1S/C13H15N3O4/c1-13(12(14)18)4-5-15(8-13)10-3-2-9(7-17)6-11(10)16(19)20/h2-3,6-7H,4-5,8H2,1H3,(H2,14,18). The summed E-state index contributed by atoms with van der Waals surface area (Å²) in [6.45, 7) is 2.60. The number of hydrogen-bond acceptors (Lipinski definition) is 5. The smallest absolute Gasteiger partial charge is 0.293 e. The Kier molecular flexibility index (Phi) is 3.44. The number of anilines is 1. The van der Waals surface area contributed by atoms with Crippen LogP contribution in [0.5, 0.6) is 0 Å². The summed E-state index contributed by atoms with van der Waals surface area (Å²) in [5.74, 6) is -0.410. The molecule has 1 saturated heterocycles. The van der Waals surface area contributed by atoms with E-state index in [2.05, 4.69) is 0 Å². The molecular weight excluding hydrogens is 262 g/mol. The Bertz CT molecular complexity index is 587. The molecule has 1 aromatic carbocycles. The minimum Gasteiger partial charge on any atom is -0.369 e. The van der Waals surface area contributed by atoms with Crippen molar-refractivity contribution < 1.29 is 14.5 Å². The molecule has 0 bridgehead atoms. The highest BCUT2D eigenvalue weighted by Crippen LogP contribution is 2.37. The minimum absolute atomic E-state index is 0.136. The van der Waals surface area contributed by atoms with Crippen molar-refractivity contribution in [3.05, 3.63) is 33.9 Å². The highest BCUT2D eigenvalue weighted by atomic mass is 16.6. The fraction of sp³-hybridized carbons (Fsp3) is 0.385. The van der Waals surface area contributed by atoms with E-state index in [0.29, 0.717) is 31.5 Å². The summed E-state index contributed by atoms with van der Waals surface area (Å²) in [6.07, 6.45) is 1.11. The topological polar surface area (TPSA) is 107 Å². The van der Waals surface area contributed by atoms with Gasteiger partial charge in [-0.05, 0) is 25.5 Å². The lowest BCUT2D eigenvalue weighted by atomic mass is 9.89. The van der Waals surface area contributed by atoms with Crippen LogP contribution in [0.1, 0.15) is 23.7 Å². The van der Waals surface area contributed by atoms with E-state index in [1.54, 1.807) is 11.8 Å². The maximum absolute atomic E-state index is 11.4. The Hall–Kier alpha value is -2.44. The molecule has 1 amide bonds. The number of aldehydes is 1. The number of amides is 1. The molecule has 0 saturated carbocycles. The third-order valence-electron chi connectivity index (χ3n) is 3.74. The van der Waals surface area contributed by atoms with E-state index in [1.807, 2.05) is 0 Å². The minimum atomic E-state index is -0.683. The van der Waals surface area contributed by atoms with Crippen molar-refractivity contribution in [1.29, 1.82) is 0 Å². The summed E-state index contributed by atoms with van der Waals surface area (Å²) in [7, 11) is 0. The number of rotatable bonds is 4. The lowest BCUT2D eigenvalue weighted by Gasteiger charge is -2.22. The predicted molar refractivity (Wildman–Crippen MR) is 72.6 cm³/mol. The van der Waals surface area contributed by atoms with Crippen molar-refractivity contribution in [2.45, 2.75) is 13.3 Å². The zero-order valence-corrected chi connectivity index (χ0v) is 11.0. The van der Waals surface area contributed by atoms with E-state index in [-0.39, 0.29) is 11.3 Å². The van der Waals surface area contributed by atoms with Gasteiger partial charge < -0.3 is 10.6 Å². The highest BCUT2D eigenvalue weighted by Gasteiger charge is 2.40. The average molecular weight is 277 g/mol. The second kappa shape index (κ2) is 4.92. The van der Waals surface area contributed by atoms with Crippen molar-refractivity contribution in [3.8, 4) is 0 Å². The number of hydrogen-bond donors (Lipinski definition) is 1. The molecule has 0 aromatic heterocycles. The number of benzene rings is 1. The Labute approximate surface area is 115 Å². The van der Waals surface area contributed by atoms with Crippen LogP contribution in [0.3, 0.4) is 0 Å². The highest BCUT2D eigenvalue weighted by molar-refractivity contribution is 5.83. The average Bonchev–Trinajstić information content (AvgIpc) is 2.82. The van der Waals surface area contributed by atoms with Crippen LogP contribution in [0.25, 0.3) is 0 Å². The molecule has 1 atom stereocenters. The summed E-state index contributed by atoms with van der Waals surface area (Å²) in [5.41, 5.74) is 5.21. The molecule has 106 valence electrons. The van der Waals surface area contributed by atoms with Crippen molar-refractivity contribution in [2.75, 3.05) is 18.0 Å². The van der Waals surface area contributed by atoms with Gasteiger partial charge in [-0.3, -0.25) is 19.7 Å². The Balaban J connectivity index is 2.37. The molecule has 1 aliphatic rings. The molecular formula is C13H15N3O4. The van der Waals surface area contributed by atoms with Gasteiger partial charge in [-0.2, -0.15) is 0 Å². The Morgan fingerprint density at radius 2 is 2.25 bits per heavy atom. The lowest BCUT2D eigenvalue weighted by molar-refractivity contribution is -0.384. The van der Waals surface area contributed by atoms with Gasteiger partial charge in [0, 0.05) is 24.7 Å². The maximum atomic E-state index is 11.4. The molecule has 0 aliphatic carbocycles. The third kappa shape index (κ3) is 2.34. The van der Waals surface area contributed by atoms with E-state index < -0.39 is 16.2 Å². The lowest BCUT2D eigenvalue weighted by Crippen LogP contribution is -2.37. The predicted octanol–water partition coefficient (Wildman–Crippen LogP) is 1.11. The van der Waals surface area contributed by atoms with Gasteiger partial charge in [0.2, 0.25) is 5.91 Å². The summed E-state index contributed by atoms with van der Waals surface area (Å²) >= 11 is 0. The van der Waals surface area contributed by atoms with Gasteiger partial charge in [0.15, 0.2) is 0 Å². The fourth-order valence-corrected chi connectivity index (χ4v) is 2.40. The van der Waals surface area contributed by atoms with Gasteiger partial charge in [0.25, 0.3) is 5.69 Å². The van der Waals surface area contributed by atoms with E-state index in [4.69, 9.17) is 5.73 Å². The Morgan fingerprint density at radius 1 is 1.55 bits per heavy atom. The number of nitrogens with zero attached hydrogens (tertiary/aromatic N) is 2. The first-order chi connectivity index (χ1) is 9.37. The van der Waals surface area contributed by atoms with Crippen LogP contribution in [0.15, 0.2) is 18.2 Å². The van der Waals surface area contributed by atoms with Gasteiger partial charge in [-0.15, -0.1) is 0 Å². The first-order valence-electron chi connectivity index (χ1n) is 6.16. The molecule has 1 aliphatic heterocycles. The molecule has 2 N–H and O–H groups in total. The van der Waals surface area contributed by atoms with Crippen LogP contribution in [0, 0.1) is 15.5 Å². The number of carbonyl (C=O) groups is 2. The van der Waals surface area contributed by atoms with E-state index in [1.165, 1.54) is 18.2 Å². The third-order valence-corrected chi connectivity index (χ3v) is 3.74. The summed E-state index contributed by atoms with van der Waals surface area (Å²) in [4.78, 5) is 34.5. The zero-order valence-electron chi connectivity index (χ0n) is 11.0. The van der Waals surface area contributed by atoms with Gasteiger partial charge in [-0.25, -0.2) is 0 Å². The van der Waals surface area contributed by atoms with Crippen LogP contribution in [-0.4, -0.2) is 30.2 Å². The van der Waals surface area contributed by atoms with Crippen LogP contribution in [0.2, 0.25) is 0 Å².